The molecular weight excluding hydrogens is 406 g/mol. The van der Waals surface area contributed by atoms with Crippen molar-refractivity contribution >= 4 is 11.1 Å². The average Bonchev–Trinajstić information content (AvgIpc) is 3.13. The molecule has 2 aliphatic rings. The monoisotopic (exact) mass is 438 g/mol. The Morgan fingerprint density at radius 3 is 2.48 bits per heavy atom. The van der Waals surface area contributed by atoms with Gasteiger partial charge < -0.3 is 4.42 Å². The lowest BCUT2D eigenvalue weighted by Gasteiger charge is -2.23. The van der Waals surface area contributed by atoms with Crippen LogP contribution in [-0.4, -0.2) is 10.2 Å². The van der Waals surface area contributed by atoms with E-state index in [-0.39, 0.29) is 16.4 Å². The van der Waals surface area contributed by atoms with Gasteiger partial charge in [0.1, 0.15) is 0 Å². The second-order valence-corrected chi connectivity index (χ2v) is 10.7. The summed E-state index contributed by atoms with van der Waals surface area (Å²) in [5.74, 6) is 1.08. The number of benzene rings is 1. The van der Waals surface area contributed by atoms with Gasteiger partial charge in [0, 0.05) is 41.3 Å². The summed E-state index contributed by atoms with van der Waals surface area (Å²) in [6.45, 7) is 17.6. The third-order valence-electron chi connectivity index (χ3n) is 7.79. The second kappa shape index (κ2) is 7.11. The Morgan fingerprint density at radius 1 is 1.09 bits per heavy atom. The van der Waals surface area contributed by atoms with Crippen molar-refractivity contribution in [3.8, 4) is 11.5 Å². The van der Waals surface area contributed by atoms with E-state index >= 15 is 0 Å². The molecule has 2 aromatic heterocycles. The standard InChI is InChI=1S/C29H32N3O/c1-8-20(25-30-31-26(33-25)21-12-14-23(15-13-21)27(3,4)5)17-22-18-28(6)19(2)29(28,7)32-16-10-9-11-24(22)32/h8-17H,2,18H2,1,3-7H3/q+1. The Hall–Kier alpha value is -3.27. The Morgan fingerprint density at radius 2 is 1.82 bits per heavy atom. The van der Waals surface area contributed by atoms with E-state index in [0.29, 0.717) is 11.8 Å². The molecule has 5 rings (SSSR count). The highest BCUT2D eigenvalue weighted by molar-refractivity contribution is 5.81. The highest BCUT2D eigenvalue weighted by atomic mass is 16.4. The Bertz CT molecular complexity index is 1320. The quantitative estimate of drug-likeness (QED) is 0.346. The zero-order valence-corrected chi connectivity index (χ0v) is 20.4. The molecule has 0 bridgehead atoms. The van der Waals surface area contributed by atoms with Gasteiger partial charge in [0.05, 0.1) is 5.41 Å². The molecule has 1 aliphatic carbocycles. The van der Waals surface area contributed by atoms with E-state index < -0.39 is 0 Å². The normalized spacial score (nSPS) is 25.7. The van der Waals surface area contributed by atoms with Crippen LogP contribution < -0.4 is 4.57 Å². The second-order valence-electron chi connectivity index (χ2n) is 10.7. The van der Waals surface area contributed by atoms with E-state index in [9.17, 15) is 0 Å². The van der Waals surface area contributed by atoms with E-state index in [2.05, 4.69) is 111 Å². The van der Waals surface area contributed by atoms with Crippen molar-refractivity contribution in [2.24, 2.45) is 5.41 Å². The number of nitrogens with zero attached hydrogens (tertiary/aromatic N) is 3. The van der Waals surface area contributed by atoms with E-state index in [1.54, 1.807) is 0 Å². The van der Waals surface area contributed by atoms with Gasteiger partial charge in [-0.3, -0.25) is 0 Å². The van der Waals surface area contributed by atoms with Gasteiger partial charge in [-0.1, -0.05) is 45.6 Å². The maximum Gasteiger partial charge on any atom is 0.248 e. The molecule has 0 amide bonds. The first-order valence-corrected chi connectivity index (χ1v) is 11.6. The third kappa shape index (κ3) is 3.15. The Kier molecular flexibility index (Phi) is 4.65. The van der Waals surface area contributed by atoms with E-state index in [1.807, 2.05) is 13.0 Å². The summed E-state index contributed by atoms with van der Waals surface area (Å²) in [4.78, 5) is 0. The average molecular weight is 439 g/mol. The van der Waals surface area contributed by atoms with Gasteiger partial charge in [0.15, 0.2) is 11.7 Å². The number of allylic oxidation sites excluding steroid dienone is 5. The fraction of sp³-hybridized carbons (Fsp3) is 0.345. The van der Waals surface area contributed by atoms with Crippen LogP contribution in [0.15, 0.2) is 77.4 Å². The van der Waals surface area contributed by atoms with Crippen molar-refractivity contribution in [3.63, 3.8) is 0 Å². The van der Waals surface area contributed by atoms with Crippen LogP contribution in [0.1, 0.15) is 65.1 Å². The van der Waals surface area contributed by atoms with Crippen LogP contribution in [0.3, 0.4) is 0 Å². The molecule has 4 heteroatoms. The molecule has 2 atom stereocenters. The molecule has 2 unspecified atom stereocenters. The van der Waals surface area contributed by atoms with Gasteiger partial charge in [0.2, 0.25) is 17.5 Å². The predicted molar refractivity (Wildman–Crippen MR) is 132 cm³/mol. The van der Waals surface area contributed by atoms with Gasteiger partial charge in [-0.05, 0) is 55.5 Å². The summed E-state index contributed by atoms with van der Waals surface area (Å²) in [5, 5.41) is 8.72. The summed E-state index contributed by atoms with van der Waals surface area (Å²) in [6.07, 6.45) is 7.35. The highest BCUT2D eigenvalue weighted by Gasteiger charge is 2.76. The van der Waals surface area contributed by atoms with Crippen LogP contribution in [0.2, 0.25) is 0 Å². The molecule has 1 saturated carbocycles. The van der Waals surface area contributed by atoms with Crippen molar-refractivity contribution < 1.29 is 8.98 Å². The van der Waals surface area contributed by atoms with Crippen LogP contribution in [0.4, 0.5) is 0 Å². The molecule has 4 nitrogen and oxygen atoms in total. The van der Waals surface area contributed by atoms with E-state index in [0.717, 1.165) is 17.6 Å². The number of fused-ring (bicyclic) bond motifs is 3. The van der Waals surface area contributed by atoms with Crippen LogP contribution in [0.5, 0.6) is 0 Å². The van der Waals surface area contributed by atoms with Crippen molar-refractivity contribution in [2.75, 3.05) is 0 Å². The van der Waals surface area contributed by atoms with Gasteiger partial charge >= 0.3 is 0 Å². The van der Waals surface area contributed by atoms with Gasteiger partial charge in [-0.25, -0.2) is 0 Å². The predicted octanol–water partition coefficient (Wildman–Crippen LogP) is 6.50. The summed E-state index contributed by atoms with van der Waals surface area (Å²) in [6, 6.07) is 14.8. The van der Waals surface area contributed by atoms with Gasteiger partial charge in [0.25, 0.3) is 0 Å². The first-order valence-electron chi connectivity index (χ1n) is 11.6. The molecule has 0 N–H and O–H groups in total. The summed E-state index contributed by atoms with van der Waals surface area (Å²) in [7, 11) is 0. The Labute approximate surface area is 196 Å². The molecule has 0 saturated heterocycles. The molecule has 33 heavy (non-hydrogen) atoms. The van der Waals surface area contributed by atoms with Crippen LogP contribution in [0.25, 0.3) is 22.6 Å². The molecule has 168 valence electrons. The topological polar surface area (TPSA) is 42.8 Å². The first-order chi connectivity index (χ1) is 15.6. The van der Waals surface area contributed by atoms with Crippen molar-refractivity contribution in [1.82, 2.24) is 10.2 Å². The molecule has 3 aromatic rings. The molecular formula is C29H32N3O+. The highest BCUT2D eigenvalue weighted by Crippen LogP contribution is 2.68. The lowest BCUT2D eigenvalue weighted by molar-refractivity contribution is -0.743. The third-order valence-corrected chi connectivity index (χ3v) is 7.79. The van der Waals surface area contributed by atoms with Crippen LogP contribution in [-0.2, 0) is 11.0 Å². The first kappa shape index (κ1) is 21.6. The molecule has 3 heterocycles. The van der Waals surface area contributed by atoms with Crippen molar-refractivity contribution in [3.05, 3.63) is 90.1 Å². The maximum absolute atomic E-state index is 6.12. The minimum atomic E-state index is -0.0199. The lowest BCUT2D eigenvalue weighted by atomic mass is 9.86. The lowest BCUT2D eigenvalue weighted by Crippen LogP contribution is -2.53. The molecule has 1 fully saturated rings. The van der Waals surface area contributed by atoms with Gasteiger partial charge in [-0.15, -0.1) is 10.2 Å². The summed E-state index contributed by atoms with van der Waals surface area (Å²) >= 11 is 0. The van der Waals surface area contributed by atoms with E-state index in [1.165, 1.54) is 22.4 Å². The molecule has 0 radical (unpaired) electrons. The minimum Gasteiger partial charge on any atom is -0.416 e. The number of hydrogen-bond acceptors (Lipinski definition) is 3. The van der Waals surface area contributed by atoms with Gasteiger partial charge in [-0.2, -0.15) is 4.57 Å². The molecule has 0 spiro atoms. The minimum absolute atomic E-state index is 0.0199. The van der Waals surface area contributed by atoms with Crippen molar-refractivity contribution in [1.29, 1.82) is 0 Å². The zero-order valence-electron chi connectivity index (χ0n) is 20.4. The van der Waals surface area contributed by atoms with Crippen LogP contribution >= 0.6 is 0 Å². The summed E-state index contributed by atoms with van der Waals surface area (Å²) < 4.78 is 8.49. The fourth-order valence-electron chi connectivity index (χ4n) is 5.24. The largest absolute Gasteiger partial charge is 0.416 e. The number of pyridine rings is 1. The SMILES string of the molecule is C=C1C2(C)CC(=CC(=CC)c3nnc(-c4ccc(C(C)(C)C)cc4)o3)c3cccc[n+]3C12C. The Balaban J connectivity index is 1.49. The summed E-state index contributed by atoms with van der Waals surface area (Å²) in [5.41, 5.74) is 7.06. The molecule has 1 aromatic carbocycles. The zero-order chi connectivity index (χ0) is 23.6. The maximum atomic E-state index is 6.12. The number of rotatable bonds is 3. The number of hydrogen-bond donors (Lipinski definition) is 0. The molecule has 1 aliphatic heterocycles. The van der Waals surface area contributed by atoms with E-state index in [4.69, 9.17) is 4.42 Å². The van der Waals surface area contributed by atoms with Crippen LogP contribution in [0, 0.1) is 5.41 Å². The smallest absolute Gasteiger partial charge is 0.248 e. The van der Waals surface area contributed by atoms with Crippen molar-refractivity contribution in [2.45, 2.75) is 58.9 Å². The number of aromatic nitrogens is 3. The fourth-order valence-corrected chi connectivity index (χ4v) is 5.24.